The van der Waals surface area contributed by atoms with Crippen LogP contribution in [0.3, 0.4) is 0 Å². The molecule has 0 saturated heterocycles. The zero-order valence-electron chi connectivity index (χ0n) is 14.8. The standard InChI is InChI=1S/C16H16ClN9O2/c1-9-6-19-26-14(9)15(28)24(16(18)22-26)8-13-20-23-25(21-13)7-12(27)10-2-4-11(17)5-3-10/h2-6,12,27H,7-8H2,1H3,(H2,18,22). The van der Waals surface area contributed by atoms with Crippen molar-refractivity contribution < 1.29 is 5.11 Å². The molecule has 0 bridgehead atoms. The Bertz CT molecular complexity index is 1200. The van der Waals surface area contributed by atoms with Crippen LogP contribution in [0.1, 0.15) is 23.1 Å². The molecular formula is C16H16ClN9O2. The van der Waals surface area contributed by atoms with Crippen molar-refractivity contribution >= 4 is 23.1 Å². The summed E-state index contributed by atoms with van der Waals surface area (Å²) in [5, 5.41) is 31.0. The second-order valence-corrected chi connectivity index (χ2v) is 6.68. The van der Waals surface area contributed by atoms with E-state index in [2.05, 4.69) is 25.6 Å². The summed E-state index contributed by atoms with van der Waals surface area (Å²) in [4.78, 5) is 13.9. The Morgan fingerprint density at radius 1 is 1.25 bits per heavy atom. The normalized spacial score (nSPS) is 12.5. The Morgan fingerprint density at radius 2 is 2.00 bits per heavy atom. The fraction of sp³-hybridized carbons (Fsp3) is 0.250. The predicted octanol–water partition coefficient (Wildman–Crippen LogP) is 0.203. The van der Waals surface area contributed by atoms with Crippen molar-refractivity contribution in [3.05, 3.63) is 62.8 Å². The third-order valence-electron chi connectivity index (χ3n) is 4.24. The number of aliphatic hydroxyl groups excluding tert-OH is 1. The molecule has 0 saturated carbocycles. The van der Waals surface area contributed by atoms with Gasteiger partial charge in [0.15, 0.2) is 11.3 Å². The summed E-state index contributed by atoms with van der Waals surface area (Å²) >= 11 is 5.85. The lowest BCUT2D eigenvalue weighted by molar-refractivity contribution is 0.144. The average molecular weight is 402 g/mol. The molecule has 0 amide bonds. The van der Waals surface area contributed by atoms with Gasteiger partial charge in [0.1, 0.15) is 6.10 Å². The predicted molar refractivity (Wildman–Crippen MR) is 99.7 cm³/mol. The van der Waals surface area contributed by atoms with Crippen LogP contribution in [0.2, 0.25) is 5.02 Å². The van der Waals surface area contributed by atoms with Gasteiger partial charge in [0.05, 0.1) is 19.3 Å². The van der Waals surface area contributed by atoms with Gasteiger partial charge in [-0.05, 0) is 29.8 Å². The van der Waals surface area contributed by atoms with Gasteiger partial charge in [0.2, 0.25) is 5.95 Å². The van der Waals surface area contributed by atoms with E-state index in [1.54, 1.807) is 37.4 Å². The monoisotopic (exact) mass is 401 g/mol. The van der Waals surface area contributed by atoms with Gasteiger partial charge in [-0.1, -0.05) is 23.7 Å². The van der Waals surface area contributed by atoms with Crippen LogP contribution >= 0.6 is 11.6 Å². The number of hydrogen-bond donors (Lipinski definition) is 2. The van der Waals surface area contributed by atoms with Gasteiger partial charge >= 0.3 is 0 Å². The number of anilines is 1. The number of aromatic nitrogens is 8. The number of benzene rings is 1. The average Bonchev–Trinajstić information content (AvgIpc) is 3.25. The first-order valence-electron chi connectivity index (χ1n) is 8.33. The van der Waals surface area contributed by atoms with Crippen LogP contribution in [0.5, 0.6) is 0 Å². The lowest BCUT2D eigenvalue weighted by atomic mass is 10.1. The molecule has 3 aromatic heterocycles. The number of fused-ring (bicyclic) bond motifs is 1. The van der Waals surface area contributed by atoms with Gasteiger partial charge < -0.3 is 10.8 Å². The number of rotatable bonds is 5. The summed E-state index contributed by atoms with van der Waals surface area (Å²) < 4.78 is 2.46. The van der Waals surface area contributed by atoms with E-state index in [-0.39, 0.29) is 30.4 Å². The molecule has 28 heavy (non-hydrogen) atoms. The summed E-state index contributed by atoms with van der Waals surface area (Å²) in [5.41, 5.74) is 7.23. The van der Waals surface area contributed by atoms with Crippen LogP contribution in [0.15, 0.2) is 35.3 Å². The fourth-order valence-electron chi connectivity index (χ4n) is 2.79. The maximum atomic E-state index is 12.7. The summed E-state index contributed by atoms with van der Waals surface area (Å²) in [5.74, 6) is 0.249. The first-order chi connectivity index (χ1) is 13.4. The second kappa shape index (κ2) is 7.02. The second-order valence-electron chi connectivity index (χ2n) is 6.24. The Balaban J connectivity index is 1.55. The SMILES string of the molecule is Cc1cnn2nc(N)n(Cc3nnn(CC(O)c4ccc(Cl)cc4)n3)c(=O)c12. The third kappa shape index (κ3) is 3.32. The Hall–Kier alpha value is -3.31. The molecule has 0 aliphatic heterocycles. The molecule has 1 atom stereocenters. The van der Waals surface area contributed by atoms with E-state index in [0.29, 0.717) is 21.7 Å². The Labute approximate surface area is 163 Å². The first kappa shape index (κ1) is 18.1. The molecule has 4 aromatic rings. The molecule has 3 N–H and O–H groups in total. The minimum atomic E-state index is -0.834. The Morgan fingerprint density at radius 3 is 2.75 bits per heavy atom. The molecule has 11 nitrogen and oxygen atoms in total. The number of aryl methyl sites for hydroxylation is 1. The smallest absolute Gasteiger partial charge is 0.281 e. The number of tetrazole rings is 1. The lowest BCUT2D eigenvalue weighted by Gasteiger charge is -2.09. The molecule has 4 rings (SSSR count). The molecular weight excluding hydrogens is 386 g/mol. The highest BCUT2D eigenvalue weighted by Crippen LogP contribution is 2.17. The maximum absolute atomic E-state index is 12.7. The van der Waals surface area contributed by atoms with E-state index >= 15 is 0 Å². The van der Waals surface area contributed by atoms with Crippen molar-refractivity contribution in [3.8, 4) is 0 Å². The number of aliphatic hydroxyl groups is 1. The van der Waals surface area contributed by atoms with Crippen LogP contribution in [0, 0.1) is 6.92 Å². The fourth-order valence-corrected chi connectivity index (χ4v) is 2.91. The van der Waals surface area contributed by atoms with Crippen molar-refractivity contribution in [1.29, 1.82) is 0 Å². The third-order valence-corrected chi connectivity index (χ3v) is 4.49. The van der Waals surface area contributed by atoms with Crippen molar-refractivity contribution in [2.24, 2.45) is 0 Å². The molecule has 3 heterocycles. The zero-order valence-corrected chi connectivity index (χ0v) is 15.5. The molecule has 1 aromatic carbocycles. The number of hydrogen-bond acceptors (Lipinski definition) is 8. The van der Waals surface area contributed by atoms with Crippen molar-refractivity contribution in [3.63, 3.8) is 0 Å². The summed E-state index contributed by atoms with van der Waals surface area (Å²) in [6, 6.07) is 6.83. The lowest BCUT2D eigenvalue weighted by Crippen LogP contribution is -2.28. The van der Waals surface area contributed by atoms with E-state index in [1.807, 2.05) is 0 Å². The number of nitrogens with two attached hydrogens (primary N) is 1. The topological polar surface area (TPSA) is 142 Å². The summed E-state index contributed by atoms with van der Waals surface area (Å²) in [7, 11) is 0. The molecule has 1 unspecified atom stereocenters. The number of halogens is 1. The highest BCUT2D eigenvalue weighted by atomic mass is 35.5. The molecule has 0 radical (unpaired) electrons. The first-order valence-corrected chi connectivity index (χ1v) is 8.71. The number of nitrogen functional groups attached to an aromatic ring is 1. The highest BCUT2D eigenvalue weighted by molar-refractivity contribution is 6.30. The molecule has 0 spiro atoms. The van der Waals surface area contributed by atoms with E-state index in [1.165, 1.54) is 14.0 Å². The zero-order chi connectivity index (χ0) is 19.8. The van der Waals surface area contributed by atoms with Crippen LogP contribution in [-0.2, 0) is 13.1 Å². The van der Waals surface area contributed by atoms with Gasteiger partial charge in [-0.25, -0.2) is 0 Å². The highest BCUT2D eigenvalue weighted by Gasteiger charge is 2.16. The quantitative estimate of drug-likeness (QED) is 0.483. The molecule has 0 aliphatic rings. The Kier molecular flexibility index (Phi) is 4.53. The van der Waals surface area contributed by atoms with Crippen LogP contribution in [-0.4, -0.2) is 44.7 Å². The maximum Gasteiger partial charge on any atom is 0.281 e. The minimum absolute atomic E-state index is 0.00414. The van der Waals surface area contributed by atoms with Crippen LogP contribution in [0.25, 0.3) is 5.52 Å². The van der Waals surface area contributed by atoms with E-state index < -0.39 is 6.10 Å². The van der Waals surface area contributed by atoms with Crippen molar-refractivity contribution in [2.75, 3.05) is 5.73 Å². The minimum Gasteiger partial charge on any atom is -0.386 e. The number of nitrogens with zero attached hydrogens (tertiary/aromatic N) is 8. The van der Waals surface area contributed by atoms with E-state index in [4.69, 9.17) is 17.3 Å². The summed E-state index contributed by atoms with van der Waals surface area (Å²) in [6.45, 7) is 1.85. The van der Waals surface area contributed by atoms with Crippen LogP contribution < -0.4 is 11.3 Å². The molecule has 144 valence electrons. The van der Waals surface area contributed by atoms with Gasteiger partial charge in [0, 0.05) is 10.6 Å². The van der Waals surface area contributed by atoms with Crippen molar-refractivity contribution in [1.82, 2.24) is 39.6 Å². The van der Waals surface area contributed by atoms with E-state index in [9.17, 15) is 9.90 Å². The van der Waals surface area contributed by atoms with Crippen LogP contribution in [0.4, 0.5) is 5.95 Å². The summed E-state index contributed by atoms with van der Waals surface area (Å²) in [6.07, 6.45) is 0.708. The van der Waals surface area contributed by atoms with E-state index in [0.717, 1.165) is 0 Å². The van der Waals surface area contributed by atoms with Gasteiger partial charge in [-0.2, -0.15) is 9.90 Å². The molecule has 0 aliphatic carbocycles. The van der Waals surface area contributed by atoms with Gasteiger partial charge in [-0.15, -0.1) is 19.9 Å². The van der Waals surface area contributed by atoms with Gasteiger partial charge in [0.25, 0.3) is 5.56 Å². The molecule has 12 heteroatoms. The van der Waals surface area contributed by atoms with Gasteiger partial charge in [-0.3, -0.25) is 9.36 Å². The van der Waals surface area contributed by atoms with Crippen molar-refractivity contribution in [2.45, 2.75) is 26.1 Å². The largest absolute Gasteiger partial charge is 0.386 e. The molecule has 0 fully saturated rings.